The van der Waals surface area contributed by atoms with E-state index in [2.05, 4.69) is 36.9 Å². The fourth-order valence-corrected chi connectivity index (χ4v) is 8.33. The van der Waals surface area contributed by atoms with E-state index in [0.717, 1.165) is 6.33 Å². The van der Waals surface area contributed by atoms with Crippen molar-refractivity contribution in [3.05, 3.63) is 16.7 Å². The van der Waals surface area contributed by atoms with Crippen molar-refractivity contribution in [1.82, 2.24) is 19.5 Å². The lowest BCUT2D eigenvalue weighted by atomic mass is 10.2. The molecule has 26 heteroatoms. The standard InChI is InChI=1S/C16H29N6O16P4/c17-5-3-1-2-4-6-33-39(25,26)36-41(29,30)38-42(31,32)37-40(27,28)34-8-11-10(23)7-12(35-11)22-9-19-13-14(22)20-16(18)21-15(13)24/h9-12H,1-8,17H2,(H,25,26)(H,27,28)(H,29,30)(H,31,32)(H3,18,20,21,24)/q-1/p-4/t10?,11-,12-/m1/s1. The number of nitrogen functional groups attached to an aromatic ring is 1. The topological polar surface area (TPSA) is 355 Å². The first-order chi connectivity index (χ1) is 19.4. The summed E-state index contributed by atoms with van der Waals surface area (Å²) in [6.07, 6.45) is -1.52. The normalized spacial score (nSPS) is 25.0. The second-order valence-corrected chi connectivity index (χ2v) is 14.6. The molecule has 0 saturated carbocycles. The third-order valence-electron chi connectivity index (χ3n) is 5.29. The molecule has 2 aromatic heterocycles. The van der Waals surface area contributed by atoms with Crippen LogP contribution >= 0.6 is 31.3 Å². The Morgan fingerprint density at radius 3 is 2.21 bits per heavy atom. The molecule has 0 spiro atoms. The Hall–Kier alpha value is -1.41. The number of ether oxygens (including phenoxy) is 1. The third-order valence-corrected chi connectivity index (χ3v) is 11.1. The predicted molar refractivity (Wildman–Crippen MR) is 128 cm³/mol. The van der Waals surface area contributed by atoms with E-state index in [1.807, 2.05) is 0 Å². The van der Waals surface area contributed by atoms with Crippen molar-refractivity contribution in [2.75, 3.05) is 25.5 Å². The number of fused-ring (bicyclic) bond motifs is 1. The maximum absolute atomic E-state index is 12.4. The Bertz CT molecular complexity index is 1480. The van der Waals surface area contributed by atoms with Gasteiger partial charge in [0, 0.05) is 0 Å². The minimum Gasteiger partial charge on any atom is -0.850 e. The van der Waals surface area contributed by atoms with Gasteiger partial charge in [0.2, 0.25) is 5.95 Å². The molecule has 2 aromatic rings. The van der Waals surface area contributed by atoms with Crippen LogP contribution in [0.4, 0.5) is 5.95 Å². The van der Waals surface area contributed by atoms with Crippen LogP contribution in [0.2, 0.25) is 0 Å². The van der Waals surface area contributed by atoms with Crippen LogP contribution in [0.1, 0.15) is 38.3 Å². The Kier molecular flexibility index (Phi) is 11.8. The fourth-order valence-electron chi connectivity index (χ4n) is 3.56. The van der Waals surface area contributed by atoms with Crippen LogP contribution in [0.5, 0.6) is 0 Å². The average Bonchev–Trinajstić information content (AvgIpc) is 3.40. The molecular formula is C16H25N6O16P4-5. The summed E-state index contributed by atoms with van der Waals surface area (Å²) in [6, 6.07) is 0. The van der Waals surface area contributed by atoms with Crippen molar-refractivity contribution in [3.63, 3.8) is 0 Å². The summed E-state index contributed by atoms with van der Waals surface area (Å²) in [5.41, 5.74) is 9.96. The number of imidazole rings is 1. The first-order valence-corrected chi connectivity index (χ1v) is 17.7. The second kappa shape index (κ2) is 14.1. The Morgan fingerprint density at radius 1 is 0.976 bits per heavy atom. The zero-order valence-electron chi connectivity index (χ0n) is 21.3. The minimum atomic E-state index is -6.39. The molecule has 5 unspecified atom stereocenters. The molecule has 0 radical (unpaired) electrons. The smallest absolute Gasteiger partial charge is 0.280 e. The molecule has 240 valence electrons. The van der Waals surface area contributed by atoms with Crippen LogP contribution in [0.15, 0.2) is 11.1 Å². The van der Waals surface area contributed by atoms with E-state index in [4.69, 9.17) is 16.2 Å². The summed E-state index contributed by atoms with van der Waals surface area (Å²) >= 11 is 0. The van der Waals surface area contributed by atoms with E-state index in [1.165, 1.54) is 4.57 Å². The molecule has 1 fully saturated rings. The van der Waals surface area contributed by atoms with Gasteiger partial charge in [-0.1, -0.05) is 18.9 Å². The van der Waals surface area contributed by atoms with Crippen molar-refractivity contribution in [1.29, 1.82) is 0 Å². The number of unbranched alkanes of at least 4 members (excludes halogenated alkanes) is 3. The van der Waals surface area contributed by atoms with Crippen LogP contribution in [-0.2, 0) is 45.0 Å². The average molecular weight is 681 g/mol. The molecule has 0 aromatic carbocycles. The molecule has 5 N–H and O–H groups in total. The molecule has 1 aliphatic rings. The highest BCUT2D eigenvalue weighted by atomic mass is 31.3. The lowest BCUT2D eigenvalue weighted by molar-refractivity contribution is -0.428. The molecule has 1 saturated heterocycles. The van der Waals surface area contributed by atoms with Crippen molar-refractivity contribution >= 4 is 48.4 Å². The molecule has 0 amide bonds. The second-order valence-electron chi connectivity index (χ2n) is 8.54. The molecule has 7 atom stereocenters. The number of aromatic nitrogens is 4. The van der Waals surface area contributed by atoms with Gasteiger partial charge in [-0.3, -0.25) is 32.6 Å². The Labute approximate surface area is 236 Å². The number of nitrogens with two attached hydrogens (primary N) is 2. The molecule has 1 aliphatic heterocycles. The quantitative estimate of drug-likeness (QED) is 0.112. The number of hydrogen-bond acceptors (Lipinski definition) is 20. The highest BCUT2D eigenvalue weighted by Crippen LogP contribution is 2.66. The van der Waals surface area contributed by atoms with E-state index in [-0.39, 0.29) is 30.0 Å². The maximum atomic E-state index is 12.4. The van der Waals surface area contributed by atoms with E-state index in [9.17, 15) is 47.7 Å². The number of aromatic amines is 1. The van der Waals surface area contributed by atoms with E-state index < -0.39 is 68.5 Å². The van der Waals surface area contributed by atoms with Crippen LogP contribution in [0, 0.1) is 0 Å². The summed E-state index contributed by atoms with van der Waals surface area (Å²) in [4.78, 5) is 69.2. The van der Waals surface area contributed by atoms with Crippen LogP contribution in [0.3, 0.4) is 0 Å². The molecular weight excluding hydrogens is 656 g/mol. The van der Waals surface area contributed by atoms with Crippen LogP contribution < -0.4 is 41.7 Å². The van der Waals surface area contributed by atoms with E-state index in [1.54, 1.807) is 0 Å². The number of phosphoric ester groups is 2. The molecule has 3 rings (SSSR count). The highest BCUT2D eigenvalue weighted by molar-refractivity contribution is 7.68. The number of hydrogen-bond donors (Lipinski definition) is 3. The monoisotopic (exact) mass is 681 g/mol. The maximum Gasteiger partial charge on any atom is 0.280 e. The number of nitrogens with zero attached hydrogens (tertiary/aromatic N) is 3. The number of rotatable bonds is 17. The molecule has 0 bridgehead atoms. The molecule has 0 aliphatic carbocycles. The largest absolute Gasteiger partial charge is 0.850 e. The fraction of sp³-hybridized carbons (Fsp3) is 0.688. The lowest BCUT2D eigenvalue weighted by Gasteiger charge is -2.36. The summed E-state index contributed by atoms with van der Waals surface area (Å²) in [5.74, 6) is -0.257. The van der Waals surface area contributed by atoms with Crippen molar-refractivity contribution in [3.8, 4) is 0 Å². The minimum absolute atomic E-state index is 0.0444. The Balaban J connectivity index is 1.53. The number of phosphoric acid groups is 4. The molecule has 3 heterocycles. The zero-order valence-corrected chi connectivity index (χ0v) is 24.9. The van der Waals surface area contributed by atoms with Gasteiger partial charge in [0.05, 0.1) is 25.6 Å². The van der Waals surface area contributed by atoms with E-state index in [0.29, 0.717) is 25.8 Å². The highest BCUT2D eigenvalue weighted by Gasteiger charge is 2.34. The van der Waals surface area contributed by atoms with Crippen molar-refractivity contribution < 1.29 is 69.7 Å². The van der Waals surface area contributed by atoms with Gasteiger partial charge in [0.25, 0.3) is 36.9 Å². The van der Waals surface area contributed by atoms with Gasteiger partial charge in [0.1, 0.15) is 6.23 Å². The van der Waals surface area contributed by atoms with Gasteiger partial charge in [-0.2, -0.15) is 4.98 Å². The third kappa shape index (κ3) is 10.3. The van der Waals surface area contributed by atoms with Gasteiger partial charge in [-0.05, 0) is 25.8 Å². The van der Waals surface area contributed by atoms with Crippen molar-refractivity contribution in [2.24, 2.45) is 5.73 Å². The molecule has 22 nitrogen and oxygen atoms in total. The van der Waals surface area contributed by atoms with Gasteiger partial charge in [0.15, 0.2) is 11.2 Å². The van der Waals surface area contributed by atoms with Gasteiger partial charge in [-0.15, -0.1) is 0 Å². The predicted octanol–water partition coefficient (Wildman–Crippen LogP) is -2.81. The summed E-state index contributed by atoms with van der Waals surface area (Å²) in [6.45, 7) is -1.20. The number of nitrogens with one attached hydrogen (secondary N) is 1. The molecule has 42 heavy (non-hydrogen) atoms. The first kappa shape index (κ1) is 35.1. The lowest BCUT2D eigenvalue weighted by Crippen LogP contribution is -2.37. The van der Waals surface area contributed by atoms with E-state index >= 15 is 0 Å². The summed E-state index contributed by atoms with van der Waals surface area (Å²) < 4.78 is 73.2. The summed E-state index contributed by atoms with van der Waals surface area (Å²) in [7, 11) is -24.3. The SMILES string of the molecule is NCCCCCCOP(=O)([O-])OP(=O)([O-])OP(=O)([O-])OP(=O)([O-])OC[C@H]1O[C@@H](n2cnc3c(=O)[nH]c(N)nc32)CC1[O-]. The van der Waals surface area contributed by atoms with Crippen molar-refractivity contribution in [2.45, 2.75) is 50.5 Å². The first-order valence-electron chi connectivity index (χ1n) is 11.8. The van der Waals surface area contributed by atoms with Gasteiger partial charge >= 0.3 is 0 Å². The zero-order chi connectivity index (χ0) is 31.3. The number of H-pyrrole nitrogens is 1. The van der Waals surface area contributed by atoms with Crippen LogP contribution in [0.25, 0.3) is 11.2 Å². The Morgan fingerprint density at radius 2 is 1.57 bits per heavy atom. The summed E-state index contributed by atoms with van der Waals surface area (Å²) in [5, 5.41) is 12.4. The van der Waals surface area contributed by atoms with Gasteiger partial charge in [-0.25, -0.2) is 17.9 Å². The number of anilines is 1. The van der Waals surface area contributed by atoms with Gasteiger partial charge < -0.3 is 49.9 Å². The van der Waals surface area contributed by atoms with Crippen LogP contribution in [-0.4, -0.2) is 51.5 Å².